The molecule has 1 aromatic heterocycles. The minimum Gasteiger partial charge on any atom is -0.423 e. The molecule has 0 radical (unpaired) electrons. The zero-order valence-corrected chi connectivity index (χ0v) is 10.6. The van der Waals surface area contributed by atoms with Crippen molar-refractivity contribution in [1.29, 1.82) is 5.26 Å². The Morgan fingerprint density at radius 1 is 1.56 bits per heavy atom. The summed E-state index contributed by atoms with van der Waals surface area (Å²) in [6.45, 7) is 5.21. The van der Waals surface area contributed by atoms with Gasteiger partial charge in [0.2, 0.25) is 0 Å². The molecule has 1 atom stereocenters. The Morgan fingerprint density at radius 3 is 2.94 bits per heavy atom. The Bertz CT molecular complexity index is 584. The molecule has 5 nitrogen and oxygen atoms in total. The number of nitrogens with two attached hydrogens (primary N) is 1. The van der Waals surface area contributed by atoms with Crippen molar-refractivity contribution in [2.45, 2.75) is 13.8 Å². The van der Waals surface area contributed by atoms with Crippen molar-refractivity contribution in [3.63, 3.8) is 0 Å². The largest absolute Gasteiger partial charge is 0.423 e. The first-order valence-electron chi connectivity index (χ1n) is 5.95. The summed E-state index contributed by atoms with van der Waals surface area (Å²) in [6, 6.07) is 8.20. The van der Waals surface area contributed by atoms with Crippen LogP contribution in [0, 0.1) is 17.2 Å². The number of fused-ring (bicyclic) bond motifs is 1. The number of hydrogen-bond donors (Lipinski definition) is 1. The Balaban J connectivity index is 2.34. The van der Waals surface area contributed by atoms with Crippen molar-refractivity contribution in [3.8, 4) is 6.07 Å². The van der Waals surface area contributed by atoms with E-state index in [0.29, 0.717) is 29.3 Å². The van der Waals surface area contributed by atoms with Crippen LogP contribution in [0.2, 0.25) is 0 Å². The maximum Gasteiger partial charge on any atom is 0.298 e. The van der Waals surface area contributed by atoms with Gasteiger partial charge in [0.1, 0.15) is 5.52 Å². The number of aromatic nitrogens is 1. The van der Waals surface area contributed by atoms with E-state index in [1.165, 1.54) is 0 Å². The molecule has 0 aliphatic carbocycles. The van der Waals surface area contributed by atoms with Gasteiger partial charge in [-0.15, -0.1) is 0 Å². The van der Waals surface area contributed by atoms with Gasteiger partial charge in [-0.05, 0) is 26.0 Å². The number of rotatable bonds is 4. The van der Waals surface area contributed by atoms with Crippen LogP contribution in [0.15, 0.2) is 22.6 Å². The van der Waals surface area contributed by atoms with E-state index in [-0.39, 0.29) is 5.92 Å². The number of nitriles is 1. The van der Waals surface area contributed by atoms with Crippen LogP contribution in [0.4, 0.5) is 11.7 Å². The third-order valence-electron chi connectivity index (χ3n) is 2.81. The molecule has 2 N–H and O–H groups in total. The van der Waals surface area contributed by atoms with Gasteiger partial charge in [-0.2, -0.15) is 10.2 Å². The zero-order valence-electron chi connectivity index (χ0n) is 10.6. The second-order valence-corrected chi connectivity index (χ2v) is 4.26. The monoisotopic (exact) mass is 244 g/mol. The standard InChI is InChI=1S/C13H16N4O/c1-3-17(8-9(2)7-14)13-16-12-10(15)5-4-6-11(12)18-13/h4-6,9H,3,8,15H2,1-2H3. The summed E-state index contributed by atoms with van der Waals surface area (Å²) in [5.41, 5.74) is 7.80. The second-order valence-electron chi connectivity index (χ2n) is 4.26. The summed E-state index contributed by atoms with van der Waals surface area (Å²) in [6.07, 6.45) is 0. The first-order chi connectivity index (χ1) is 8.65. The highest BCUT2D eigenvalue weighted by Gasteiger charge is 2.16. The number of hydrogen-bond acceptors (Lipinski definition) is 5. The minimum atomic E-state index is -0.0719. The van der Waals surface area contributed by atoms with Crippen LogP contribution in [0.3, 0.4) is 0 Å². The van der Waals surface area contributed by atoms with Gasteiger partial charge in [0.15, 0.2) is 5.58 Å². The van der Waals surface area contributed by atoms with Crippen molar-refractivity contribution in [3.05, 3.63) is 18.2 Å². The highest BCUT2D eigenvalue weighted by Crippen LogP contribution is 2.26. The van der Waals surface area contributed by atoms with Crippen LogP contribution in [0.1, 0.15) is 13.8 Å². The Morgan fingerprint density at radius 2 is 2.33 bits per heavy atom. The number of benzene rings is 1. The van der Waals surface area contributed by atoms with Crippen molar-refractivity contribution >= 4 is 22.8 Å². The normalized spacial score (nSPS) is 12.3. The zero-order chi connectivity index (χ0) is 13.1. The fourth-order valence-corrected chi connectivity index (χ4v) is 1.81. The van der Waals surface area contributed by atoms with Crippen LogP contribution >= 0.6 is 0 Å². The summed E-state index contributed by atoms with van der Waals surface area (Å²) in [7, 11) is 0. The van der Waals surface area contributed by atoms with E-state index in [1.54, 1.807) is 6.07 Å². The molecule has 18 heavy (non-hydrogen) atoms. The number of anilines is 2. The summed E-state index contributed by atoms with van der Waals surface area (Å²) in [5, 5.41) is 8.86. The van der Waals surface area contributed by atoms with Crippen LogP contribution in [-0.2, 0) is 0 Å². The summed E-state index contributed by atoms with van der Waals surface area (Å²) < 4.78 is 5.67. The first kappa shape index (κ1) is 12.2. The van der Waals surface area contributed by atoms with Gasteiger partial charge < -0.3 is 15.1 Å². The molecule has 94 valence electrons. The molecule has 2 aromatic rings. The molecule has 0 aliphatic rings. The number of nitrogen functional groups attached to an aromatic ring is 1. The maximum atomic E-state index is 8.86. The number of para-hydroxylation sites is 1. The topological polar surface area (TPSA) is 79.1 Å². The van der Waals surface area contributed by atoms with Crippen LogP contribution in [0.25, 0.3) is 11.1 Å². The fourth-order valence-electron chi connectivity index (χ4n) is 1.81. The molecule has 0 spiro atoms. The number of nitrogens with zero attached hydrogens (tertiary/aromatic N) is 3. The van der Waals surface area contributed by atoms with Gasteiger partial charge in [-0.25, -0.2) is 0 Å². The molecule has 2 rings (SSSR count). The van der Waals surface area contributed by atoms with E-state index in [4.69, 9.17) is 15.4 Å². The van der Waals surface area contributed by atoms with E-state index < -0.39 is 0 Å². The molecule has 0 fully saturated rings. The van der Waals surface area contributed by atoms with Gasteiger partial charge in [-0.1, -0.05) is 6.07 Å². The molecule has 0 aliphatic heterocycles. The van der Waals surface area contributed by atoms with E-state index in [1.807, 2.05) is 30.9 Å². The third-order valence-corrected chi connectivity index (χ3v) is 2.81. The molecule has 0 saturated carbocycles. The molecule has 1 aromatic carbocycles. The van der Waals surface area contributed by atoms with Gasteiger partial charge in [-0.3, -0.25) is 0 Å². The SMILES string of the molecule is CCN(CC(C)C#N)c1nc2c(N)cccc2o1. The predicted molar refractivity (Wildman–Crippen MR) is 71.1 cm³/mol. The van der Waals surface area contributed by atoms with Crippen molar-refractivity contribution in [2.75, 3.05) is 23.7 Å². The lowest BCUT2D eigenvalue weighted by Gasteiger charge is -2.19. The van der Waals surface area contributed by atoms with Crippen molar-refractivity contribution < 1.29 is 4.42 Å². The lowest BCUT2D eigenvalue weighted by atomic mass is 10.2. The van der Waals surface area contributed by atoms with Crippen LogP contribution in [-0.4, -0.2) is 18.1 Å². The lowest BCUT2D eigenvalue weighted by Crippen LogP contribution is -2.27. The molecule has 0 amide bonds. The highest BCUT2D eigenvalue weighted by atomic mass is 16.4. The quantitative estimate of drug-likeness (QED) is 0.835. The van der Waals surface area contributed by atoms with Gasteiger partial charge >= 0.3 is 0 Å². The second kappa shape index (κ2) is 4.96. The highest BCUT2D eigenvalue weighted by molar-refractivity contribution is 5.86. The lowest BCUT2D eigenvalue weighted by molar-refractivity contribution is 0.552. The Kier molecular flexibility index (Phi) is 3.38. The van der Waals surface area contributed by atoms with E-state index in [9.17, 15) is 0 Å². The minimum absolute atomic E-state index is 0.0719. The number of oxazole rings is 1. The molecule has 5 heteroatoms. The molecule has 0 bridgehead atoms. The summed E-state index contributed by atoms with van der Waals surface area (Å²) in [5.74, 6) is -0.0719. The van der Waals surface area contributed by atoms with Crippen LogP contribution in [0.5, 0.6) is 0 Å². The van der Waals surface area contributed by atoms with Crippen molar-refractivity contribution in [1.82, 2.24) is 4.98 Å². The van der Waals surface area contributed by atoms with Gasteiger partial charge in [0.25, 0.3) is 6.01 Å². The summed E-state index contributed by atoms with van der Waals surface area (Å²) >= 11 is 0. The molecule has 0 saturated heterocycles. The molecule has 1 unspecified atom stereocenters. The molecule has 1 heterocycles. The maximum absolute atomic E-state index is 8.86. The Hall–Kier alpha value is -2.22. The first-order valence-corrected chi connectivity index (χ1v) is 5.95. The fraction of sp³-hybridized carbons (Fsp3) is 0.385. The van der Waals surface area contributed by atoms with E-state index in [0.717, 1.165) is 6.54 Å². The van der Waals surface area contributed by atoms with E-state index in [2.05, 4.69) is 11.1 Å². The average Bonchev–Trinajstić information content (AvgIpc) is 2.80. The summed E-state index contributed by atoms with van der Waals surface area (Å²) in [4.78, 5) is 6.33. The van der Waals surface area contributed by atoms with Crippen molar-refractivity contribution in [2.24, 2.45) is 5.92 Å². The van der Waals surface area contributed by atoms with Crippen LogP contribution < -0.4 is 10.6 Å². The molecular weight excluding hydrogens is 228 g/mol. The predicted octanol–water partition coefficient (Wildman–Crippen LogP) is 2.40. The van der Waals surface area contributed by atoms with Gasteiger partial charge in [0, 0.05) is 13.1 Å². The van der Waals surface area contributed by atoms with E-state index >= 15 is 0 Å². The smallest absolute Gasteiger partial charge is 0.298 e. The Labute approximate surface area is 106 Å². The third kappa shape index (κ3) is 2.23. The molecular formula is C13H16N4O. The average molecular weight is 244 g/mol. The van der Waals surface area contributed by atoms with Gasteiger partial charge in [0.05, 0.1) is 17.7 Å².